The van der Waals surface area contributed by atoms with Crippen molar-refractivity contribution in [2.24, 2.45) is 12.8 Å². The maximum Gasteiger partial charge on any atom is 0.0949 e. The molecule has 1 aromatic carbocycles. The van der Waals surface area contributed by atoms with Crippen LogP contribution in [0.25, 0.3) is 0 Å². The second-order valence-electron chi connectivity index (χ2n) is 6.48. The quantitative estimate of drug-likeness (QED) is 0.936. The molecule has 0 spiro atoms. The van der Waals surface area contributed by atoms with Crippen LogP contribution >= 0.6 is 0 Å². The first-order valence-corrected chi connectivity index (χ1v) is 8.29. The molecule has 5 heteroatoms. The van der Waals surface area contributed by atoms with E-state index in [2.05, 4.69) is 65.6 Å². The summed E-state index contributed by atoms with van der Waals surface area (Å²) in [5, 5.41) is 0. The van der Waals surface area contributed by atoms with Gasteiger partial charge in [0.2, 0.25) is 0 Å². The molecule has 0 saturated carbocycles. The van der Waals surface area contributed by atoms with Gasteiger partial charge >= 0.3 is 0 Å². The van der Waals surface area contributed by atoms with E-state index in [9.17, 15) is 0 Å². The minimum Gasteiger partial charge on any atom is -0.358 e. The lowest BCUT2D eigenvalue weighted by atomic mass is 10.0. The topological polar surface area (TPSA) is 50.3 Å². The number of nitrogens with zero attached hydrogens (tertiary/aromatic N) is 4. The van der Waals surface area contributed by atoms with Crippen LogP contribution in [0.2, 0.25) is 0 Å². The molecule has 124 valence electrons. The summed E-state index contributed by atoms with van der Waals surface area (Å²) in [5.41, 5.74) is 12.2. The highest BCUT2D eigenvalue weighted by atomic mass is 15.3. The van der Waals surface area contributed by atoms with Crippen LogP contribution in [0.5, 0.6) is 0 Å². The first kappa shape index (κ1) is 16.0. The predicted octanol–water partition coefficient (Wildman–Crippen LogP) is 1.89. The lowest BCUT2D eigenvalue weighted by molar-refractivity contribution is 0.208. The molecule has 1 aromatic heterocycles. The van der Waals surface area contributed by atoms with E-state index in [0.29, 0.717) is 12.7 Å². The molecule has 23 heavy (non-hydrogen) atoms. The molecule has 1 aliphatic rings. The van der Waals surface area contributed by atoms with Crippen LogP contribution in [0.15, 0.2) is 24.5 Å². The van der Waals surface area contributed by atoms with Crippen molar-refractivity contribution in [1.82, 2.24) is 14.5 Å². The zero-order valence-electron chi connectivity index (χ0n) is 14.6. The van der Waals surface area contributed by atoms with Gasteiger partial charge in [0.15, 0.2) is 0 Å². The third-order valence-electron chi connectivity index (χ3n) is 5.02. The minimum absolute atomic E-state index is 0.340. The molecule has 0 bridgehead atoms. The number of imidazole rings is 1. The van der Waals surface area contributed by atoms with E-state index in [1.807, 2.05) is 6.33 Å². The van der Waals surface area contributed by atoms with Gasteiger partial charge in [-0.3, -0.25) is 4.90 Å². The molecule has 2 N–H and O–H groups in total. The maximum absolute atomic E-state index is 5.79. The van der Waals surface area contributed by atoms with E-state index in [1.165, 1.54) is 28.2 Å². The summed E-state index contributed by atoms with van der Waals surface area (Å²) in [7, 11) is 6.46. The molecule has 2 heterocycles. The number of benzene rings is 1. The van der Waals surface area contributed by atoms with Crippen LogP contribution in [-0.4, -0.2) is 34.7 Å². The van der Waals surface area contributed by atoms with Crippen molar-refractivity contribution in [3.05, 3.63) is 47.0 Å². The highest BCUT2D eigenvalue weighted by Crippen LogP contribution is 2.29. The SMILES string of the molecule is CCc1cc(CN)ccc1N(C)C1Cc2c(ncn2C)CN1C. The molecule has 5 nitrogen and oxygen atoms in total. The maximum atomic E-state index is 5.79. The van der Waals surface area contributed by atoms with Gasteiger partial charge in [0, 0.05) is 45.0 Å². The van der Waals surface area contributed by atoms with Gasteiger partial charge in [-0.2, -0.15) is 0 Å². The zero-order chi connectivity index (χ0) is 16.6. The fourth-order valence-electron chi connectivity index (χ4n) is 3.55. The minimum atomic E-state index is 0.340. The van der Waals surface area contributed by atoms with Crippen LogP contribution in [0.4, 0.5) is 5.69 Å². The Bertz CT molecular complexity index is 691. The molecule has 3 rings (SSSR count). The lowest BCUT2D eigenvalue weighted by Gasteiger charge is -2.40. The Morgan fingerprint density at radius 1 is 1.35 bits per heavy atom. The molecule has 0 saturated heterocycles. The number of likely N-dealkylation sites (N-methyl/N-ethyl adjacent to an activating group) is 2. The predicted molar refractivity (Wildman–Crippen MR) is 94.3 cm³/mol. The third kappa shape index (κ3) is 2.86. The molecule has 1 atom stereocenters. The molecule has 0 radical (unpaired) electrons. The van der Waals surface area contributed by atoms with Gasteiger partial charge in [-0.05, 0) is 30.7 Å². The van der Waals surface area contributed by atoms with Crippen molar-refractivity contribution in [3.63, 3.8) is 0 Å². The van der Waals surface area contributed by atoms with E-state index in [-0.39, 0.29) is 0 Å². The fourth-order valence-corrected chi connectivity index (χ4v) is 3.55. The van der Waals surface area contributed by atoms with Gasteiger partial charge in [-0.25, -0.2) is 4.98 Å². The van der Waals surface area contributed by atoms with Crippen molar-refractivity contribution < 1.29 is 0 Å². The van der Waals surface area contributed by atoms with Gasteiger partial charge < -0.3 is 15.2 Å². The first-order valence-electron chi connectivity index (χ1n) is 8.29. The summed E-state index contributed by atoms with van der Waals surface area (Å²) in [6.45, 7) is 3.70. The Morgan fingerprint density at radius 3 is 2.83 bits per heavy atom. The van der Waals surface area contributed by atoms with Crippen molar-refractivity contribution in [2.75, 3.05) is 19.0 Å². The van der Waals surface area contributed by atoms with Gasteiger partial charge in [-0.15, -0.1) is 0 Å². The van der Waals surface area contributed by atoms with E-state index >= 15 is 0 Å². The van der Waals surface area contributed by atoms with Crippen molar-refractivity contribution in [2.45, 2.75) is 39.0 Å². The standard InChI is InChI=1S/C18H27N5/c1-5-14-8-13(10-19)6-7-16(14)23(4)18-9-17-15(11-21(18)2)20-12-22(17)3/h6-8,12,18H,5,9-11,19H2,1-4H3. The summed E-state index contributed by atoms with van der Waals surface area (Å²) in [6.07, 6.45) is 4.27. The lowest BCUT2D eigenvalue weighted by Crippen LogP contribution is -2.49. The van der Waals surface area contributed by atoms with Gasteiger partial charge in [0.05, 0.1) is 18.2 Å². The molecular weight excluding hydrogens is 286 g/mol. The van der Waals surface area contributed by atoms with E-state index < -0.39 is 0 Å². The molecule has 0 aliphatic carbocycles. The Labute approximate surface area is 138 Å². The molecule has 1 unspecified atom stereocenters. The Morgan fingerprint density at radius 2 is 2.13 bits per heavy atom. The summed E-state index contributed by atoms with van der Waals surface area (Å²) in [6, 6.07) is 6.60. The Balaban J connectivity index is 1.91. The fraction of sp³-hybridized carbons (Fsp3) is 0.500. The average molecular weight is 313 g/mol. The highest BCUT2D eigenvalue weighted by molar-refractivity contribution is 5.55. The Hall–Kier alpha value is -1.85. The Kier molecular flexibility index (Phi) is 4.41. The summed E-state index contributed by atoms with van der Waals surface area (Å²) >= 11 is 0. The van der Waals surface area contributed by atoms with Crippen LogP contribution in [0.1, 0.15) is 29.4 Å². The first-order chi connectivity index (χ1) is 11.0. The molecule has 1 aliphatic heterocycles. The van der Waals surface area contributed by atoms with Gasteiger partial charge in [0.1, 0.15) is 0 Å². The number of fused-ring (bicyclic) bond motifs is 1. The number of aromatic nitrogens is 2. The zero-order valence-corrected chi connectivity index (χ0v) is 14.6. The largest absolute Gasteiger partial charge is 0.358 e. The second kappa shape index (κ2) is 6.34. The van der Waals surface area contributed by atoms with E-state index in [4.69, 9.17) is 5.73 Å². The molecule has 0 amide bonds. The number of hydrogen-bond donors (Lipinski definition) is 1. The number of rotatable bonds is 4. The van der Waals surface area contributed by atoms with Crippen LogP contribution in [0, 0.1) is 0 Å². The smallest absolute Gasteiger partial charge is 0.0949 e. The van der Waals surface area contributed by atoms with Crippen molar-refractivity contribution in [3.8, 4) is 0 Å². The van der Waals surface area contributed by atoms with Crippen LogP contribution in [0.3, 0.4) is 0 Å². The average Bonchev–Trinajstić information content (AvgIpc) is 2.93. The van der Waals surface area contributed by atoms with Crippen molar-refractivity contribution >= 4 is 5.69 Å². The van der Waals surface area contributed by atoms with E-state index in [0.717, 1.165) is 19.4 Å². The van der Waals surface area contributed by atoms with E-state index in [1.54, 1.807) is 0 Å². The molecular formula is C18H27N5. The highest BCUT2D eigenvalue weighted by Gasteiger charge is 2.30. The number of aryl methyl sites for hydroxylation is 2. The molecule has 0 fully saturated rings. The summed E-state index contributed by atoms with van der Waals surface area (Å²) < 4.78 is 2.15. The number of nitrogens with two attached hydrogens (primary N) is 1. The molecule has 2 aromatic rings. The summed E-state index contributed by atoms with van der Waals surface area (Å²) in [4.78, 5) is 9.30. The third-order valence-corrected chi connectivity index (χ3v) is 5.02. The normalized spacial score (nSPS) is 18.0. The van der Waals surface area contributed by atoms with Gasteiger partial charge in [-0.1, -0.05) is 19.1 Å². The number of hydrogen-bond acceptors (Lipinski definition) is 4. The van der Waals surface area contributed by atoms with Crippen LogP contribution < -0.4 is 10.6 Å². The van der Waals surface area contributed by atoms with Gasteiger partial charge in [0.25, 0.3) is 0 Å². The second-order valence-corrected chi connectivity index (χ2v) is 6.48. The number of anilines is 1. The summed E-state index contributed by atoms with van der Waals surface area (Å²) in [5.74, 6) is 0. The van der Waals surface area contributed by atoms with Crippen LogP contribution in [-0.2, 0) is 33.0 Å². The van der Waals surface area contributed by atoms with Crippen molar-refractivity contribution in [1.29, 1.82) is 0 Å². The monoisotopic (exact) mass is 313 g/mol.